The van der Waals surface area contributed by atoms with Crippen LogP contribution >= 0.6 is 0 Å². The van der Waals surface area contributed by atoms with Gasteiger partial charge in [-0.3, -0.25) is 0 Å². The molecular weight excluding hydrogens is 570 g/mol. The monoisotopic (exact) mass is 599 g/mol. The van der Waals surface area contributed by atoms with Crippen LogP contribution in [0.3, 0.4) is 0 Å². The van der Waals surface area contributed by atoms with Crippen molar-refractivity contribution < 1.29 is 48.0 Å². The normalized spacial score (nSPS) is 11.0. The Hall–Kier alpha value is -5.84. The fourth-order valence-corrected chi connectivity index (χ4v) is 3.86. The number of benzene rings is 4. The highest BCUT2D eigenvalue weighted by atomic mass is 16.7. The van der Waals surface area contributed by atoms with Gasteiger partial charge in [0.05, 0.1) is 0 Å². The van der Waals surface area contributed by atoms with E-state index in [1.807, 2.05) is 18.2 Å². The molecule has 4 aromatic carbocycles. The lowest BCUT2D eigenvalue weighted by molar-refractivity contribution is -0.139. The molecule has 0 aliphatic rings. The molecule has 2 N–H and O–H groups in total. The van der Waals surface area contributed by atoms with Gasteiger partial charge in [-0.1, -0.05) is 97.1 Å². The van der Waals surface area contributed by atoms with Gasteiger partial charge in [-0.05, 0) is 34.4 Å². The summed E-state index contributed by atoms with van der Waals surface area (Å²) in [6, 6.07) is 29.4. The topological polar surface area (TPSA) is 147 Å². The highest BCUT2D eigenvalue weighted by Gasteiger charge is 2.23. The molecule has 4 rings (SSSR count). The van der Waals surface area contributed by atoms with Gasteiger partial charge in [0.1, 0.15) is 25.9 Å². The summed E-state index contributed by atoms with van der Waals surface area (Å²) in [6.45, 7) is -0.182. The number of alkyl carbamates (subject to hydrolysis) is 1. The van der Waals surface area contributed by atoms with E-state index in [9.17, 15) is 24.3 Å². The van der Waals surface area contributed by atoms with Gasteiger partial charge in [-0.25, -0.2) is 19.2 Å². The molecule has 0 aliphatic heterocycles. The molecule has 0 saturated carbocycles. The van der Waals surface area contributed by atoms with Gasteiger partial charge in [0.2, 0.25) is 0 Å². The summed E-state index contributed by atoms with van der Waals surface area (Å²) in [7, 11) is 0. The minimum atomic E-state index is -1.39. The molecule has 0 heterocycles. The molecule has 1 atom stereocenters. The molecule has 0 saturated heterocycles. The second kappa shape index (κ2) is 16.0. The number of carbonyl (C=O) groups is 4. The van der Waals surface area contributed by atoms with Gasteiger partial charge in [0.25, 0.3) is 0 Å². The first-order valence-electron chi connectivity index (χ1n) is 13.5. The Bertz CT molecular complexity index is 1550. The van der Waals surface area contributed by atoms with Gasteiger partial charge in [0.15, 0.2) is 11.5 Å². The van der Waals surface area contributed by atoms with Crippen molar-refractivity contribution in [1.82, 2.24) is 5.32 Å². The molecule has 4 aromatic rings. The Morgan fingerprint density at radius 3 is 1.50 bits per heavy atom. The lowest BCUT2D eigenvalue weighted by atomic mass is 10.1. The van der Waals surface area contributed by atoms with Crippen LogP contribution in [0.25, 0.3) is 0 Å². The fraction of sp³-hybridized carbons (Fsp3) is 0.152. The number of carbonyl (C=O) groups excluding carboxylic acids is 3. The molecule has 0 fully saturated rings. The Balaban J connectivity index is 1.44. The Labute approximate surface area is 252 Å². The summed E-state index contributed by atoms with van der Waals surface area (Å²) in [5.41, 5.74) is 2.51. The largest absolute Gasteiger partial charge is 0.514 e. The molecule has 11 heteroatoms. The van der Waals surface area contributed by atoms with E-state index in [1.165, 1.54) is 18.2 Å². The van der Waals surface area contributed by atoms with Crippen LogP contribution in [0.4, 0.5) is 14.4 Å². The predicted molar refractivity (Wildman–Crippen MR) is 156 cm³/mol. The minimum Gasteiger partial charge on any atom is -0.480 e. The van der Waals surface area contributed by atoms with Gasteiger partial charge < -0.3 is 34.1 Å². The maximum atomic E-state index is 12.5. The summed E-state index contributed by atoms with van der Waals surface area (Å²) in [5, 5.41) is 12.0. The number of hydrogen-bond acceptors (Lipinski definition) is 9. The average Bonchev–Trinajstić information content (AvgIpc) is 3.04. The van der Waals surface area contributed by atoms with Crippen LogP contribution < -0.4 is 14.8 Å². The van der Waals surface area contributed by atoms with Crippen molar-refractivity contribution in [2.45, 2.75) is 32.3 Å². The smallest absolute Gasteiger partial charge is 0.480 e. The molecule has 0 aliphatic carbocycles. The fourth-order valence-electron chi connectivity index (χ4n) is 3.86. The van der Waals surface area contributed by atoms with Gasteiger partial charge in [0, 0.05) is 6.42 Å². The summed E-state index contributed by atoms with van der Waals surface area (Å²) in [4.78, 5) is 49.2. The molecule has 11 nitrogen and oxygen atoms in total. The number of hydrogen-bond donors (Lipinski definition) is 2. The molecule has 0 unspecified atom stereocenters. The summed E-state index contributed by atoms with van der Waals surface area (Å²) in [5.74, 6) is -1.73. The molecule has 0 radical (unpaired) electrons. The molecule has 0 bridgehead atoms. The van der Waals surface area contributed by atoms with Crippen LogP contribution in [0, 0.1) is 0 Å². The third-order valence-corrected chi connectivity index (χ3v) is 6.04. The minimum absolute atomic E-state index is 0.0471. The van der Waals surface area contributed by atoms with E-state index in [0.29, 0.717) is 11.1 Å². The molecule has 44 heavy (non-hydrogen) atoms. The molecular formula is C33H29NO10. The number of rotatable bonds is 12. The summed E-state index contributed by atoms with van der Waals surface area (Å²) < 4.78 is 26.1. The van der Waals surface area contributed by atoms with Crippen LogP contribution in [0.15, 0.2) is 109 Å². The van der Waals surface area contributed by atoms with E-state index in [4.69, 9.17) is 23.7 Å². The van der Waals surface area contributed by atoms with E-state index >= 15 is 0 Å². The lowest BCUT2D eigenvalue weighted by Crippen LogP contribution is -2.42. The summed E-state index contributed by atoms with van der Waals surface area (Å²) >= 11 is 0. The van der Waals surface area contributed by atoms with Crippen molar-refractivity contribution in [3.63, 3.8) is 0 Å². The summed E-state index contributed by atoms with van der Waals surface area (Å²) in [6.07, 6.45) is -3.30. The van der Waals surface area contributed by atoms with Crippen LogP contribution in [-0.4, -0.2) is 35.5 Å². The van der Waals surface area contributed by atoms with Crippen LogP contribution in [0.1, 0.15) is 22.3 Å². The van der Waals surface area contributed by atoms with E-state index < -0.39 is 30.4 Å². The van der Waals surface area contributed by atoms with Crippen LogP contribution in [-0.2, 0) is 45.2 Å². The molecule has 226 valence electrons. The van der Waals surface area contributed by atoms with Crippen molar-refractivity contribution >= 4 is 24.4 Å². The first kappa shape index (κ1) is 31.1. The standard InChI is InChI=1S/C33H29NO10/c35-30(36)27(34-31(37)40-20-23-10-4-1-5-11-23)18-26-16-17-28(43-32(38)41-21-24-12-6-2-7-13-24)29(19-26)44-33(39)42-22-25-14-8-3-9-15-25/h1-17,19,27H,18,20-22H2,(H,34,37)(H,35,36)/t27-/m0/s1. The number of carboxylic acids is 1. The van der Waals surface area contributed by atoms with Crippen LogP contribution in [0.2, 0.25) is 0 Å². The number of ether oxygens (including phenoxy) is 5. The quantitative estimate of drug-likeness (QED) is 0.112. The van der Waals surface area contributed by atoms with E-state index in [0.717, 1.165) is 11.1 Å². The van der Waals surface area contributed by atoms with Crippen molar-refractivity contribution in [3.8, 4) is 11.5 Å². The van der Waals surface area contributed by atoms with Crippen LogP contribution in [0.5, 0.6) is 11.5 Å². The second-order valence-corrected chi connectivity index (χ2v) is 9.33. The highest BCUT2D eigenvalue weighted by Crippen LogP contribution is 2.30. The molecule has 0 spiro atoms. The van der Waals surface area contributed by atoms with E-state index in [2.05, 4.69) is 5.32 Å². The van der Waals surface area contributed by atoms with Crippen molar-refractivity contribution in [2.24, 2.45) is 0 Å². The number of amides is 1. The number of nitrogens with one attached hydrogen (secondary N) is 1. The average molecular weight is 600 g/mol. The van der Waals surface area contributed by atoms with E-state index in [-0.39, 0.29) is 37.7 Å². The Morgan fingerprint density at radius 2 is 1.02 bits per heavy atom. The van der Waals surface area contributed by atoms with Crippen molar-refractivity contribution in [1.29, 1.82) is 0 Å². The lowest BCUT2D eigenvalue weighted by Gasteiger charge is -2.16. The van der Waals surface area contributed by atoms with Crippen molar-refractivity contribution in [2.75, 3.05) is 0 Å². The highest BCUT2D eigenvalue weighted by molar-refractivity contribution is 5.80. The maximum Gasteiger partial charge on any atom is 0.514 e. The zero-order chi connectivity index (χ0) is 31.1. The van der Waals surface area contributed by atoms with Gasteiger partial charge in [-0.2, -0.15) is 0 Å². The zero-order valence-electron chi connectivity index (χ0n) is 23.4. The second-order valence-electron chi connectivity index (χ2n) is 9.33. The van der Waals surface area contributed by atoms with E-state index in [1.54, 1.807) is 72.8 Å². The SMILES string of the molecule is O=C(N[C@@H](Cc1ccc(OC(=O)OCc2ccccc2)c(OC(=O)OCc2ccccc2)c1)C(=O)O)OCc1ccccc1. The molecule has 1 amide bonds. The third kappa shape index (κ3) is 10.2. The number of aliphatic carboxylic acids is 1. The Kier molecular flexibility index (Phi) is 11.3. The first-order chi connectivity index (χ1) is 21.4. The third-order valence-electron chi connectivity index (χ3n) is 6.04. The van der Waals surface area contributed by atoms with Crippen molar-refractivity contribution in [3.05, 3.63) is 131 Å². The Morgan fingerprint density at radius 1 is 0.568 bits per heavy atom. The first-order valence-corrected chi connectivity index (χ1v) is 13.5. The predicted octanol–water partition coefficient (Wildman–Crippen LogP) is 6.04. The maximum absolute atomic E-state index is 12.5. The number of carboxylic acid groups (broad SMARTS) is 1. The zero-order valence-corrected chi connectivity index (χ0v) is 23.4. The van der Waals surface area contributed by atoms with Gasteiger partial charge in [-0.15, -0.1) is 0 Å². The van der Waals surface area contributed by atoms with Gasteiger partial charge >= 0.3 is 24.4 Å². The molecule has 0 aromatic heterocycles.